The lowest BCUT2D eigenvalue weighted by Crippen LogP contribution is -2.43. The molecule has 8 nitrogen and oxygen atoms in total. The molecule has 1 saturated heterocycles. The lowest BCUT2D eigenvalue weighted by Gasteiger charge is -2.22. The largest absolute Gasteiger partial charge is 0.357 e. The van der Waals surface area contributed by atoms with Gasteiger partial charge in [0.1, 0.15) is 6.54 Å². The molecule has 1 aliphatic rings. The molecule has 1 atom stereocenters. The number of guanidine groups is 1. The van der Waals surface area contributed by atoms with Crippen LogP contribution in [0.1, 0.15) is 20.3 Å². The maximum Gasteiger partial charge on any atom is 0.243 e. The zero-order valence-corrected chi connectivity index (χ0v) is 14.6. The summed E-state index contributed by atoms with van der Waals surface area (Å²) in [5.41, 5.74) is 0. The molecule has 0 spiro atoms. The molecule has 1 rings (SSSR count). The normalized spacial score (nSPS) is 19.4. The first kappa shape index (κ1) is 18.7. The average Bonchev–Trinajstić information content (AvgIpc) is 2.93. The first-order valence-corrected chi connectivity index (χ1v) is 9.08. The third-order valence-electron chi connectivity index (χ3n) is 3.43. The number of likely N-dealkylation sites (tertiary alicyclic amines) is 1. The number of sulfonamides is 1. The predicted octanol–water partition coefficient (Wildman–Crippen LogP) is -0.946. The van der Waals surface area contributed by atoms with Crippen molar-refractivity contribution in [2.75, 3.05) is 46.8 Å². The number of carbonyl (C=O) groups is 1. The van der Waals surface area contributed by atoms with Crippen LogP contribution in [0.15, 0.2) is 4.99 Å². The van der Waals surface area contributed by atoms with E-state index in [1.807, 2.05) is 11.8 Å². The SMILES string of the molecule is CCNC(=NCC(=O)N(C)C)N1CCC(S(=O)(=O)NCC)C1. The van der Waals surface area contributed by atoms with Gasteiger partial charge in [0.05, 0.1) is 5.25 Å². The second-order valence-corrected chi connectivity index (χ2v) is 7.40. The Kier molecular flexibility index (Phi) is 7.08. The second kappa shape index (κ2) is 8.33. The van der Waals surface area contributed by atoms with Crippen LogP contribution in [0.25, 0.3) is 0 Å². The van der Waals surface area contributed by atoms with E-state index in [2.05, 4.69) is 15.0 Å². The highest BCUT2D eigenvalue weighted by molar-refractivity contribution is 7.90. The molecule has 1 amide bonds. The molecule has 1 aliphatic heterocycles. The zero-order valence-electron chi connectivity index (χ0n) is 13.8. The van der Waals surface area contributed by atoms with Crippen LogP contribution in [-0.2, 0) is 14.8 Å². The molecule has 128 valence electrons. The summed E-state index contributed by atoms with van der Waals surface area (Å²) in [6, 6.07) is 0. The van der Waals surface area contributed by atoms with Crippen molar-refractivity contribution in [2.24, 2.45) is 4.99 Å². The zero-order chi connectivity index (χ0) is 16.8. The molecule has 9 heteroatoms. The van der Waals surface area contributed by atoms with Crippen molar-refractivity contribution in [3.63, 3.8) is 0 Å². The van der Waals surface area contributed by atoms with Crippen molar-refractivity contribution >= 4 is 21.9 Å². The summed E-state index contributed by atoms with van der Waals surface area (Å²) < 4.78 is 26.7. The van der Waals surface area contributed by atoms with Gasteiger partial charge in [-0.3, -0.25) is 4.79 Å². The minimum Gasteiger partial charge on any atom is -0.357 e. The Hall–Kier alpha value is -1.35. The van der Waals surface area contributed by atoms with Gasteiger partial charge in [-0.25, -0.2) is 18.1 Å². The summed E-state index contributed by atoms with van der Waals surface area (Å²) >= 11 is 0. The van der Waals surface area contributed by atoms with Gasteiger partial charge in [-0.1, -0.05) is 6.92 Å². The van der Waals surface area contributed by atoms with Crippen molar-refractivity contribution < 1.29 is 13.2 Å². The van der Waals surface area contributed by atoms with E-state index in [-0.39, 0.29) is 12.5 Å². The van der Waals surface area contributed by atoms with E-state index >= 15 is 0 Å². The topological polar surface area (TPSA) is 94.1 Å². The van der Waals surface area contributed by atoms with Crippen molar-refractivity contribution in [2.45, 2.75) is 25.5 Å². The number of hydrogen-bond acceptors (Lipinski definition) is 4. The van der Waals surface area contributed by atoms with Crippen LogP contribution in [0.2, 0.25) is 0 Å². The van der Waals surface area contributed by atoms with E-state index in [0.717, 1.165) is 0 Å². The van der Waals surface area contributed by atoms with E-state index in [0.29, 0.717) is 38.6 Å². The lowest BCUT2D eigenvalue weighted by molar-refractivity contribution is -0.127. The summed E-state index contributed by atoms with van der Waals surface area (Å²) in [4.78, 5) is 19.3. The van der Waals surface area contributed by atoms with E-state index < -0.39 is 15.3 Å². The number of likely N-dealkylation sites (N-methyl/N-ethyl adjacent to an activating group) is 1. The number of nitrogens with one attached hydrogen (secondary N) is 2. The third-order valence-corrected chi connectivity index (χ3v) is 5.38. The quantitative estimate of drug-likeness (QED) is 0.483. The maximum atomic E-state index is 12.1. The summed E-state index contributed by atoms with van der Waals surface area (Å²) in [7, 11) is 0.0747. The van der Waals surface area contributed by atoms with E-state index in [4.69, 9.17) is 0 Å². The monoisotopic (exact) mass is 333 g/mol. The van der Waals surface area contributed by atoms with Gasteiger partial charge in [-0.05, 0) is 13.3 Å². The van der Waals surface area contributed by atoms with Crippen molar-refractivity contribution in [1.29, 1.82) is 0 Å². The lowest BCUT2D eigenvalue weighted by atomic mass is 10.4. The van der Waals surface area contributed by atoms with Gasteiger partial charge in [0, 0.05) is 40.3 Å². The predicted molar refractivity (Wildman–Crippen MR) is 87.2 cm³/mol. The fourth-order valence-corrected chi connectivity index (χ4v) is 3.63. The molecule has 1 unspecified atom stereocenters. The summed E-state index contributed by atoms with van der Waals surface area (Å²) in [6.45, 7) is 5.81. The van der Waals surface area contributed by atoms with Crippen LogP contribution in [0.5, 0.6) is 0 Å². The number of nitrogens with zero attached hydrogens (tertiary/aromatic N) is 3. The van der Waals surface area contributed by atoms with E-state index in [1.165, 1.54) is 4.90 Å². The molecule has 0 radical (unpaired) electrons. The molecule has 1 heterocycles. The molecule has 2 N–H and O–H groups in total. The Morgan fingerprint density at radius 3 is 2.55 bits per heavy atom. The molecular weight excluding hydrogens is 306 g/mol. The van der Waals surface area contributed by atoms with Gasteiger partial charge < -0.3 is 15.1 Å². The van der Waals surface area contributed by atoms with Gasteiger partial charge in [0.15, 0.2) is 5.96 Å². The Morgan fingerprint density at radius 2 is 2.00 bits per heavy atom. The highest BCUT2D eigenvalue weighted by atomic mass is 32.2. The second-order valence-electron chi connectivity index (χ2n) is 5.36. The number of hydrogen-bond donors (Lipinski definition) is 2. The van der Waals surface area contributed by atoms with Crippen molar-refractivity contribution in [1.82, 2.24) is 19.8 Å². The van der Waals surface area contributed by atoms with E-state index in [1.54, 1.807) is 21.0 Å². The Morgan fingerprint density at radius 1 is 1.32 bits per heavy atom. The van der Waals surface area contributed by atoms with Crippen LogP contribution in [-0.4, -0.2) is 82.2 Å². The third kappa shape index (κ3) is 5.13. The van der Waals surface area contributed by atoms with Crippen LogP contribution < -0.4 is 10.0 Å². The van der Waals surface area contributed by atoms with Gasteiger partial charge >= 0.3 is 0 Å². The van der Waals surface area contributed by atoms with Gasteiger partial charge in [-0.15, -0.1) is 0 Å². The van der Waals surface area contributed by atoms with Crippen LogP contribution >= 0.6 is 0 Å². The van der Waals surface area contributed by atoms with Crippen molar-refractivity contribution in [3.8, 4) is 0 Å². The molecule has 22 heavy (non-hydrogen) atoms. The fourth-order valence-electron chi connectivity index (χ4n) is 2.20. The number of rotatable bonds is 6. The smallest absolute Gasteiger partial charge is 0.243 e. The Labute approximate surface area is 133 Å². The minimum atomic E-state index is -3.29. The first-order valence-electron chi connectivity index (χ1n) is 7.53. The molecule has 0 aromatic rings. The van der Waals surface area contributed by atoms with E-state index in [9.17, 15) is 13.2 Å². The fraction of sp³-hybridized carbons (Fsp3) is 0.846. The van der Waals surface area contributed by atoms with Gasteiger partial charge in [-0.2, -0.15) is 0 Å². The summed E-state index contributed by atoms with van der Waals surface area (Å²) in [6.07, 6.45) is 0.557. The van der Waals surface area contributed by atoms with Crippen LogP contribution in [0.4, 0.5) is 0 Å². The Balaban J connectivity index is 2.74. The first-order chi connectivity index (χ1) is 10.3. The van der Waals surface area contributed by atoms with Crippen LogP contribution in [0, 0.1) is 0 Å². The molecule has 0 saturated carbocycles. The average molecular weight is 333 g/mol. The molecular formula is C13H27N5O3S. The maximum absolute atomic E-state index is 12.1. The van der Waals surface area contributed by atoms with Crippen LogP contribution in [0.3, 0.4) is 0 Å². The number of amides is 1. The molecule has 0 aromatic carbocycles. The molecule has 0 aromatic heterocycles. The highest BCUT2D eigenvalue weighted by Gasteiger charge is 2.33. The summed E-state index contributed by atoms with van der Waals surface area (Å²) in [5.74, 6) is 0.498. The molecule has 0 bridgehead atoms. The standard InChI is InChI=1S/C13H27N5O3S/c1-5-14-13(15-9-12(19)17(3)4)18-8-7-11(10-18)22(20,21)16-6-2/h11,16H,5-10H2,1-4H3,(H,14,15). The molecule has 1 fully saturated rings. The minimum absolute atomic E-state index is 0.0520. The number of carbonyl (C=O) groups excluding carboxylic acids is 1. The van der Waals surface area contributed by atoms with Gasteiger partial charge in [0.25, 0.3) is 0 Å². The van der Waals surface area contributed by atoms with Crippen molar-refractivity contribution in [3.05, 3.63) is 0 Å². The summed E-state index contributed by atoms with van der Waals surface area (Å²) in [5, 5.41) is 2.67. The number of aliphatic imine (C=N–C) groups is 1. The highest BCUT2D eigenvalue weighted by Crippen LogP contribution is 2.16. The molecule has 0 aliphatic carbocycles. The Bertz CT molecular complexity index is 504. The van der Waals surface area contributed by atoms with Gasteiger partial charge in [0.2, 0.25) is 15.9 Å².